The lowest BCUT2D eigenvalue weighted by Gasteiger charge is -2.00. The number of nitrogens with zero attached hydrogens (tertiary/aromatic N) is 6. The monoisotopic (exact) mass is 512 g/mol. The highest BCUT2D eigenvalue weighted by Crippen LogP contribution is 2.22. The summed E-state index contributed by atoms with van der Waals surface area (Å²) in [6.45, 7) is 0. The van der Waals surface area contributed by atoms with Crippen LogP contribution in [0, 0.1) is 20.2 Å². The molecular weight excluding hydrogens is 495 g/mol. The minimum absolute atomic E-state index is 0.0229. The lowest BCUT2D eigenvalue weighted by molar-refractivity contribution is -0.385. The van der Waals surface area contributed by atoms with E-state index in [1.54, 1.807) is 24.3 Å². The molecule has 184 valence electrons. The van der Waals surface area contributed by atoms with Gasteiger partial charge in [-0.1, -0.05) is 35.9 Å². The van der Waals surface area contributed by atoms with Crippen LogP contribution in [0.15, 0.2) is 73.1 Å². The van der Waals surface area contributed by atoms with Crippen molar-refractivity contribution in [2.24, 2.45) is 0 Å². The summed E-state index contributed by atoms with van der Waals surface area (Å²) in [5.41, 5.74) is 11.8. The fraction of sp³-hybridized carbons (Fsp3) is 0. The molecule has 0 bridgehead atoms. The maximum absolute atomic E-state index is 10.6. The summed E-state index contributed by atoms with van der Waals surface area (Å²) >= 11 is 5.41. The van der Waals surface area contributed by atoms with Crippen LogP contribution in [0.4, 0.5) is 23.3 Å². The summed E-state index contributed by atoms with van der Waals surface area (Å²) in [5.74, 6) is 0.349. The van der Waals surface area contributed by atoms with E-state index in [1.807, 2.05) is 0 Å². The van der Waals surface area contributed by atoms with Crippen molar-refractivity contribution >= 4 is 47.5 Å². The zero-order valence-corrected chi connectivity index (χ0v) is 19.0. The Labute approximate surface area is 208 Å². The van der Waals surface area contributed by atoms with Crippen LogP contribution in [0.3, 0.4) is 0 Å². The number of nitrogen functional groups attached to an aromatic ring is 2. The molecule has 6 N–H and O–H groups in total. The average Bonchev–Trinajstić information content (AvgIpc) is 2.85. The summed E-state index contributed by atoms with van der Waals surface area (Å²) in [5, 5.41) is 38.5. The number of hydrogen-bond acceptors (Lipinski definition) is 12. The number of benzene rings is 2. The molecule has 0 saturated carbocycles. The van der Waals surface area contributed by atoms with Gasteiger partial charge in [-0.05, 0) is 17.6 Å². The van der Waals surface area contributed by atoms with Crippen LogP contribution in [0.1, 0.15) is 0 Å². The van der Waals surface area contributed by atoms with Gasteiger partial charge >= 0.3 is 7.12 Å². The number of nitro benzene ring substituents is 2. The minimum Gasteiger partial charge on any atom is -0.423 e. The first kappa shape index (κ1) is 27.5. The predicted molar refractivity (Wildman–Crippen MR) is 133 cm³/mol. The molecular formula is C20H18BClN8O6. The zero-order chi connectivity index (χ0) is 26.7. The van der Waals surface area contributed by atoms with Crippen molar-refractivity contribution in [2.75, 3.05) is 11.5 Å². The summed E-state index contributed by atoms with van der Waals surface area (Å²) in [7, 11) is -1.66. The fourth-order valence-corrected chi connectivity index (χ4v) is 2.61. The number of non-ortho nitro benzene ring substituents is 2. The van der Waals surface area contributed by atoms with Crippen LogP contribution in [0.25, 0.3) is 11.3 Å². The Kier molecular flexibility index (Phi) is 10.1. The van der Waals surface area contributed by atoms with E-state index in [0.717, 1.165) is 6.07 Å². The molecule has 0 aliphatic rings. The molecule has 2 heterocycles. The summed E-state index contributed by atoms with van der Waals surface area (Å²) in [6.07, 6.45) is 3.02. The number of nitrogens with two attached hydrogens (primary N) is 2. The van der Waals surface area contributed by atoms with E-state index in [9.17, 15) is 20.2 Å². The molecule has 0 fully saturated rings. The van der Waals surface area contributed by atoms with E-state index in [1.165, 1.54) is 42.7 Å². The molecule has 0 spiro atoms. The summed E-state index contributed by atoms with van der Waals surface area (Å²) in [4.78, 5) is 34.7. The maximum atomic E-state index is 10.6. The van der Waals surface area contributed by atoms with Crippen molar-refractivity contribution in [3.8, 4) is 11.3 Å². The van der Waals surface area contributed by atoms with E-state index in [-0.39, 0.29) is 28.7 Å². The van der Waals surface area contributed by atoms with Gasteiger partial charge in [0.2, 0.25) is 11.9 Å². The standard InChI is InChI=1S/C10H8N4O2.C6H6BNO4.C4H4ClN3/c11-10-12-5-4-9(13-10)7-2-1-3-8(6-7)14(15)16;9-7(10)5-2-1-3-6(4-5)8(11)12;5-3-1-2-7-4(6)8-3/h1-6H,(H2,11,12,13);1-4,9-10H;1-2H,(H2,6,7,8). The zero-order valence-electron chi connectivity index (χ0n) is 18.2. The van der Waals surface area contributed by atoms with Crippen molar-refractivity contribution in [1.29, 1.82) is 0 Å². The molecule has 0 amide bonds. The Balaban J connectivity index is 0.000000202. The molecule has 36 heavy (non-hydrogen) atoms. The van der Waals surface area contributed by atoms with Crippen molar-refractivity contribution < 1.29 is 19.9 Å². The Morgan fingerprint density at radius 2 is 1.36 bits per heavy atom. The molecule has 2 aromatic carbocycles. The fourth-order valence-electron chi connectivity index (χ4n) is 2.46. The van der Waals surface area contributed by atoms with Crippen LogP contribution < -0.4 is 16.9 Å². The van der Waals surface area contributed by atoms with E-state index < -0.39 is 17.0 Å². The second kappa shape index (κ2) is 13.2. The number of hydrogen-bond donors (Lipinski definition) is 4. The van der Waals surface area contributed by atoms with Crippen LogP contribution >= 0.6 is 11.6 Å². The van der Waals surface area contributed by atoms with Crippen LogP contribution in [0.2, 0.25) is 5.15 Å². The second-order valence-electron chi connectivity index (χ2n) is 6.57. The lowest BCUT2D eigenvalue weighted by Crippen LogP contribution is -2.29. The van der Waals surface area contributed by atoms with Gasteiger partial charge in [0.05, 0.1) is 15.5 Å². The normalized spacial score (nSPS) is 9.64. The first-order chi connectivity index (χ1) is 17.1. The van der Waals surface area contributed by atoms with Gasteiger partial charge in [0, 0.05) is 42.2 Å². The third kappa shape index (κ3) is 8.90. The van der Waals surface area contributed by atoms with Crippen molar-refractivity contribution in [2.45, 2.75) is 0 Å². The predicted octanol–water partition coefficient (Wildman–Crippen LogP) is 1.62. The number of nitro groups is 2. The minimum atomic E-state index is -1.66. The SMILES string of the molecule is Nc1nccc(-c2cccc([N+](=O)[O-])c2)n1.Nc1nccc(Cl)n1.O=[N+]([O-])c1cccc(B(O)O)c1. The molecule has 0 atom stereocenters. The van der Waals surface area contributed by atoms with E-state index in [4.69, 9.17) is 33.1 Å². The summed E-state index contributed by atoms with van der Waals surface area (Å²) in [6, 6.07) is 14.6. The largest absolute Gasteiger partial charge is 0.488 e. The molecule has 14 nitrogen and oxygen atoms in total. The van der Waals surface area contributed by atoms with Gasteiger partial charge in [0.1, 0.15) is 5.15 Å². The molecule has 0 saturated heterocycles. The quantitative estimate of drug-likeness (QED) is 0.132. The molecule has 2 aromatic heterocycles. The van der Waals surface area contributed by atoms with Crippen LogP contribution in [-0.2, 0) is 0 Å². The van der Waals surface area contributed by atoms with Crippen LogP contribution in [0.5, 0.6) is 0 Å². The molecule has 0 radical (unpaired) electrons. The van der Waals surface area contributed by atoms with E-state index >= 15 is 0 Å². The number of halogens is 1. The first-order valence-corrected chi connectivity index (χ1v) is 10.1. The Bertz CT molecular complexity index is 1330. The first-order valence-electron chi connectivity index (χ1n) is 9.74. The Hall–Kier alpha value is -4.73. The van der Waals surface area contributed by atoms with E-state index in [0.29, 0.717) is 16.4 Å². The second-order valence-corrected chi connectivity index (χ2v) is 6.96. The van der Waals surface area contributed by atoms with Gasteiger partial charge in [-0.2, -0.15) is 0 Å². The third-order valence-electron chi connectivity index (χ3n) is 4.05. The van der Waals surface area contributed by atoms with Gasteiger partial charge in [-0.25, -0.2) is 19.9 Å². The Morgan fingerprint density at radius 1 is 0.806 bits per heavy atom. The number of anilines is 2. The Morgan fingerprint density at radius 3 is 1.86 bits per heavy atom. The van der Waals surface area contributed by atoms with Crippen molar-refractivity contribution in [1.82, 2.24) is 19.9 Å². The van der Waals surface area contributed by atoms with Gasteiger partial charge in [-0.3, -0.25) is 20.2 Å². The highest BCUT2D eigenvalue weighted by molar-refractivity contribution is 6.58. The van der Waals surface area contributed by atoms with Crippen LogP contribution in [-0.4, -0.2) is 46.9 Å². The van der Waals surface area contributed by atoms with Gasteiger partial charge in [0.25, 0.3) is 11.4 Å². The third-order valence-corrected chi connectivity index (χ3v) is 4.26. The van der Waals surface area contributed by atoms with Crippen molar-refractivity contribution in [3.05, 3.63) is 98.4 Å². The van der Waals surface area contributed by atoms with E-state index in [2.05, 4.69) is 19.9 Å². The average molecular weight is 513 g/mol. The molecule has 4 rings (SSSR count). The molecule has 0 aliphatic carbocycles. The summed E-state index contributed by atoms with van der Waals surface area (Å²) < 4.78 is 0. The van der Waals surface area contributed by atoms with Crippen molar-refractivity contribution in [3.63, 3.8) is 0 Å². The van der Waals surface area contributed by atoms with Gasteiger partial charge < -0.3 is 21.5 Å². The highest BCUT2D eigenvalue weighted by Gasteiger charge is 2.14. The molecule has 0 aliphatic heterocycles. The molecule has 4 aromatic rings. The van der Waals surface area contributed by atoms with Gasteiger partial charge in [-0.15, -0.1) is 0 Å². The van der Waals surface area contributed by atoms with Gasteiger partial charge in [0.15, 0.2) is 0 Å². The topological polar surface area (TPSA) is 230 Å². The molecule has 0 unspecified atom stereocenters. The number of rotatable bonds is 4. The lowest BCUT2D eigenvalue weighted by atomic mass is 9.80. The highest BCUT2D eigenvalue weighted by atomic mass is 35.5. The smallest absolute Gasteiger partial charge is 0.423 e. The molecule has 16 heteroatoms. The number of aromatic nitrogens is 4. The maximum Gasteiger partial charge on any atom is 0.488 e.